The van der Waals surface area contributed by atoms with Crippen molar-refractivity contribution in [1.29, 1.82) is 0 Å². The third-order valence-electron chi connectivity index (χ3n) is 2.68. The van der Waals surface area contributed by atoms with Crippen LogP contribution in [0, 0.1) is 5.92 Å². The van der Waals surface area contributed by atoms with Crippen molar-refractivity contribution in [3.8, 4) is 0 Å². The zero-order chi connectivity index (χ0) is 9.84. The second-order valence-corrected chi connectivity index (χ2v) is 3.83. The lowest BCUT2D eigenvalue weighted by atomic mass is 9.98. The molecule has 2 unspecified atom stereocenters. The zero-order valence-corrected chi connectivity index (χ0v) is 8.75. The number of Topliss-reactive ketones (excluding diaryl/α,β-unsaturated/α-hetero) is 1. The van der Waals surface area contributed by atoms with Crippen molar-refractivity contribution in [2.45, 2.75) is 26.4 Å². The molecule has 0 saturated carbocycles. The molecule has 0 radical (unpaired) electrons. The van der Waals surface area contributed by atoms with Crippen LogP contribution in [0.3, 0.4) is 0 Å². The normalized spacial score (nSPS) is 27.2. The average Bonchev–Trinajstić information content (AvgIpc) is 2.15. The van der Waals surface area contributed by atoms with Crippen LogP contribution < -0.4 is 0 Å². The molecule has 1 rings (SSSR count). The van der Waals surface area contributed by atoms with Crippen molar-refractivity contribution in [3.05, 3.63) is 0 Å². The van der Waals surface area contributed by atoms with Gasteiger partial charge in [-0.1, -0.05) is 13.8 Å². The Morgan fingerprint density at radius 2 is 2.38 bits per heavy atom. The van der Waals surface area contributed by atoms with Gasteiger partial charge in [-0.25, -0.2) is 0 Å². The summed E-state index contributed by atoms with van der Waals surface area (Å²) in [5.41, 5.74) is 0. The number of likely N-dealkylation sites (N-methyl/N-ethyl adjacent to an activating group) is 1. The summed E-state index contributed by atoms with van der Waals surface area (Å²) in [6, 6.07) is 0. The second kappa shape index (κ2) is 4.72. The summed E-state index contributed by atoms with van der Waals surface area (Å²) in [5, 5.41) is 0. The van der Waals surface area contributed by atoms with Gasteiger partial charge in [-0.05, 0) is 13.5 Å². The molecule has 0 aromatic carbocycles. The summed E-state index contributed by atoms with van der Waals surface area (Å²) in [6.45, 7) is 6.38. The quantitative estimate of drug-likeness (QED) is 0.655. The molecule has 0 aromatic rings. The van der Waals surface area contributed by atoms with E-state index in [-0.39, 0.29) is 17.8 Å². The molecule has 76 valence electrons. The summed E-state index contributed by atoms with van der Waals surface area (Å²) in [6.07, 6.45) is 0.719. The molecule has 0 amide bonds. The minimum Gasteiger partial charge on any atom is -0.368 e. The summed E-state index contributed by atoms with van der Waals surface area (Å²) >= 11 is 0. The van der Waals surface area contributed by atoms with E-state index >= 15 is 0 Å². The summed E-state index contributed by atoms with van der Waals surface area (Å²) < 4.78 is 5.44. The molecular weight excluding hydrogens is 166 g/mol. The zero-order valence-electron chi connectivity index (χ0n) is 8.75. The van der Waals surface area contributed by atoms with E-state index in [2.05, 4.69) is 4.90 Å². The largest absolute Gasteiger partial charge is 0.368 e. The highest BCUT2D eigenvalue weighted by molar-refractivity contribution is 5.85. The first-order valence-corrected chi connectivity index (χ1v) is 4.99. The van der Waals surface area contributed by atoms with E-state index < -0.39 is 0 Å². The van der Waals surface area contributed by atoms with Crippen LogP contribution in [0.4, 0.5) is 0 Å². The van der Waals surface area contributed by atoms with Crippen molar-refractivity contribution >= 4 is 5.78 Å². The standard InChI is InChI=1S/C10H19NO2/c1-4-8(2)10(12)9-7-11(3)5-6-13-9/h8-9H,4-7H2,1-3H3. The van der Waals surface area contributed by atoms with Gasteiger partial charge >= 0.3 is 0 Å². The average molecular weight is 185 g/mol. The van der Waals surface area contributed by atoms with Gasteiger partial charge < -0.3 is 9.64 Å². The van der Waals surface area contributed by atoms with Crippen molar-refractivity contribution in [3.63, 3.8) is 0 Å². The van der Waals surface area contributed by atoms with Crippen LogP contribution in [-0.4, -0.2) is 43.5 Å². The Kier molecular flexibility index (Phi) is 3.88. The topological polar surface area (TPSA) is 29.5 Å². The molecule has 1 aliphatic heterocycles. The first-order chi connectivity index (χ1) is 6.15. The van der Waals surface area contributed by atoms with Crippen molar-refractivity contribution < 1.29 is 9.53 Å². The number of carbonyl (C=O) groups is 1. The maximum atomic E-state index is 11.7. The van der Waals surface area contributed by atoms with Crippen LogP contribution in [0.25, 0.3) is 0 Å². The molecule has 1 saturated heterocycles. The fourth-order valence-electron chi connectivity index (χ4n) is 1.47. The molecular formula is C10H19NO2. The Balaban J connectivity index is 2.46. The first-order valence-electron chi connectivity index (χ1n) is 4.99. The van der Waals surface area contributed by atoms with Gasteiger partial charge in [0.05, 0.1) is 6.61 Å². The van der Waals surface area contributed by atoms with E-state index in [4.69, 9.17) is 4.74 Å². The lowest BCUT2D eigenvalue weighted by molar-refractivity contribution is -0.139. The third-order valence-corrected chi connectivity index (χ3v) is 2.68. The van der Waals surface area contributed by atoms with Gasteiger partial charge in [-0.2, -0.15) is 0 Å². The van der Waals surface area contributed by atoms with Crippen LogP contribution in [0.1, 0.15) is 20.3 Å². The molecule has 0 aromatic heterocycles. The molecule has 13 heavy (non-hydrogen) atoms. The highest BCUT2D eigenvalue weighted by atomic mass is 16.5. The minimum absolute atomic E-state index is 0.136. The van der Waals surface area contributed by atoms with Gasteiger partial charge in [0, 0.05) is 19.0 Å². The molecule has 1 aliphatic rings. The second-order valence-electron chi connectivity index (χ2n) is 3.83. The van der Waals surface area contributed by atoms with E-state index in [0.29, 0.717) is 6.61 Å². The molecule has 1 heterocycles. The van der Waals surface area contributed by atoms with E-state index in [9.17, 15) is 4.79 Å². The Bertz CT molecular complexity index is 182. The smallest absolute Gasteiger partial charge is 0.165 e. The maximum absolute atomic E-state index is 11.7. The number of nitrogens with zero attached hydrogens (tertiary/aromatic N) is 1. The SMILES string of the molecule is CCC(C)C(=O)C1CN(C)CCO1. The summed E-state index contributed by atoms with van der Waals surface area (Å²) in [5.74, 6) is 0.394. The van der Waals surface area contributed by atoms with E-state index in [1.165, 1.54) is 0 Å². The van der Waals surface area contributed by atoms with Gasteiger partial charge in [0.25, 0.3) is 0 Å². The molecule has 3 heteroatoms. The minimum atomic E-state index is -0.186. The van der Waals surface area contributed by atoms with Crippen molar-refractivity contribution in [2.75, 3.05) is 26.7 Å². The van der Waals surface area contributed by atoms with E-state index in [0.717, 1.165) is 19.5 Å². The molecule has 3 nitrogen and oxygen atoms in total. The lowest BCUT2D eigenvalue weighted by Crippen LogP contribution is -2.45. The van der Waals surface area contributed by atoms with Crippen LogP contribution in [0.5, 0.6) is 0 Å². The van der Waals surface area contributed by atoms with Crippen molar-refractivity contribution in [2.24, 2.45) is 5.92 Å². The third kappa shape index (κ3) is 2.78. The summed E-state index contributed by atoms with van der Waals surface area (Å²) in [4.78, 5) is 13.9. The summed E-state index contributed by atoms with van der Waals surface area (Å²) in [7, 11) is 2.03. The Labute approximate surface area is 80.1 Å². The predicted molar refractivity (Wildman–Crippen MR) is 51.7 cm³/mol. The van der Waals surface area contributed by atoms with Crippen LogP contribution in [-0.2, 0) is 9.53 Å². The number of hydrogen-bond acceptors (Lipinski definition) is 3. The molecule has 0 spiro atoms. The Hall–Kier alpha value is -0.410. The number of carbonyl (C=O) groups excluding carboxylic acids is 1. The van der Waals surface area contributed by atoms with Crippen LogP contribution in [0.2, 0.25) is 0 Å². The maximum Gasteiger partial charge on any atom is 0.165 e. The first kappa shape index (κ1) is 10.7. The lowest BCUT2D eigenvalue weighted by Gasteiger charge is -2.30. The number of rotatable bonds is 3. The highest BCUT2D eigenvalue weighted by Gasteiger charge is 2.27. The van der Waals surface area contributed by atoms with Gasteiger partial charge in [0.2, 0.25) is 0 Å². The van der Waals surface area contributed by atoms with Gasteiger partial charge in [0.1, 0.15) is 6.10 Å². The molecule has 0 bridgehead atoms. The molecule has 1 fully saturated rings. The fourth-order valence-corrected chi connectivity index (χ4v) is 1.47. The molecule has 0 aliphatic carbocycles. The number of hydrogen-bond donors (Lipinski definition) is 0. The van der Waals surface area contributed by atoms with Crippen LogP contribution in [0.15, 0.2) is 0 Å². The number of ketones is 1. The van der Waals surface area contributed by atoms with E-state index in [1.807, 2.05) is 20.9 Å². The molecule has 2 atom stereocenters. The van der Waals surface area contributed by atoms with Gasteiger partial charge in [-0.15, -0.1) is 0 Å². The van der Waals surface area contributed by atoms with E-state index in [1.54, 1.807) is 0 Å². The number of morpholine rings is 1. The van der Waals surface area contributed by atoms with Gasteiger partial charge in [0.15, 0.2) is 5.78 Å². The monoisotopic (exact) mass is 185 g/mol. The number of ether oxygens (including phenoxy) is 1. The Morgan fingerprint density at radius 3 is 2.92 bits per heavy atom. The fraction of sp³-hybridized carbons (Fsp3) is 0.900. The predicted octanol–water partition coefficient (Wildman–Crippen LogP) is 0.932. The molecule has 0 N–H and O–H groups in total. The highest BCUT2D eigenvalue weighted by Crippen LogP contribution is 2.11. The van der Waals surface area contributed by atoms with Crippen LogP contribution >= 0.6 is 0 Å². The Morgan fingerprint density at radius 1 is 1.69 bits per heavy atom. The van der Waals surface area contributed by atoms with Crippen molar-refractivity contribution in [1.82, 2.24) is 4.90 Å². The van der Waals surface area contributed by atoms with Gasteiger partial charge in [-0.3, -0.25) is 4.79 Å².